The Balaban J connectivity index is 1.70. The second-order valence-electron chi connectivity index (χ2n) is 8.29. The van der Waals surface area contributed by atoms with Crippen molar-refractivity contribution in [1.82, 2.24) is 5.32 Å². The van der Waals surface area contributed by atoms with Crippen molar-refractivity contribution in [2.45, 2.75) is 20.3 Å². The van der Waals surface area contributed by atoms with Gasteiger partial charge in [0.05, 0.1) is 12.8 Å². The van der Waals surface area contributed by atoms with E-state index in [1.54, 1.807) is 37.4 Å². The number of halogens is 2. The fourth-order valence-electron chi connectivity index (χ4n) is 4.09. The SMILES string of the molecule is COc1cc(/C=C2\C(=O)NC(=O)N(c3ccc(Br)cc3)C2=O)cc(I)c1Cc1cc(C)cc(C)c1. The van der Waals surface area contributed by atoms with Crippen molar-refractivity contribution in [3.63, 3.8) is 0 Å². The normalized spacial score (nSPS) is 14.9. The third-order valence-corrected chi connectivity index (χ3v) is 7.05. The molecule has 1 saturated heterocycles. The molecule has 1 fully saturated rings. The molecule has 0 saturated carbocycles. The third kappa shape index (κ3) is 5.48. The van der Waals surface area contributed by atoms with E-state index < -0.39 is 17.8 Å². The number of carbonyl (C=O) groups is 3. The highest BCUT2D eigenvalue weighted by molar-refractivity contribution is 14.1. The molecule has 35 heavy (non-hydrogen) atoms. The van der Waals surface area contributed by atoms with E-state index in [9.17, 15) is 14.4 Å². The van der Waals surface area contributed by atoms with Crippen molar-refractivity contribution >= 4 is 68.1 Å². The molecule has 0 radical (unpaired) electrons. The number of nitrogens with one attached hydrogen (secondary N) is 1. The fourth-order valence-corrected chi connectivity index (χ4v) is 5.17. The van der Waals surface area contributed by atoms with Crippen LogP contribution in [0.1, 0.15) is 27.8 Å². The first-order valence-electron chi connectivity index (χ1n) is 10.8. The third-order valence-electron chi connectivity index (χ3n) is 5.56. The molecule has 0 aromatic heterocycles. The van der Waals surface area contributed by atoms with Gasteiger partial charge in [0.15, 0.2) is 0 Å². The van der Waals surface area contributed by atoms with E-state index in [2.05, 4.69) is 75.9 Å². The maximum absolute atomic E-state index is 13.2. The van der Waals surface area contributed by atoms with Crippen LogP contribution in [-0.4, -0.2) is 25.0 Å². The van der Waals surface area contributed by atoms with Gasteiger partial charge in [0.25, 0.3) is 11.8 Å². The second kappa shape index (κ2) is 10.3. The monoisotopic (exact) mass is 644 g/mol. The summed E-state index contributed by atoms with van der Waals surface area (Å²) in [5, 5.41) is 2.26. The summed E-state index contributed by atoms with van der Waals surface area (Å²) in [5.41, 5.74) is 5.45. The highest BCUT2D eigenvalue weighted by Gasteiger charge is 2.36. The lowest BCUT2D eigenvalue weighted by atomic mass is 9.98. The number of hydrogen-bond acceptors (Lipinski definition) is 4. The van der Waals surface area contributed by atoms with Gasteiger partial charge in [0, 0.05) is 20.0 Å². The number of urea groups is 1. The Morgan fingerprint density at radius 2 is 1.66 bits per heavy atom. The topological polar surface area (TPSA) is 75.7 Å². The van der Waals surface area contributed by atoms with Crippen molar-refractivity contribution in [3.8, 4) is 5.75 Å². The minimum atomic E-state index is -0.782. The van der Waals surface area contributed by atoms with E-state index in [0.717, 1.165) is 18.5 Å². The molecule has 6 nitrogen and oxygen atoms in total. The molecule has 8 heteroatoms. The number of amides is 4. The van der Waals surface area contributed by atoms with Crippen molar-refractivity contribution in [2.24, 2.45) is 0 Å². The van der Waals surface area contributed by atoms with E-state index in [-0.39, 0.29) is 5.57 Å². The summed E-state index contributed by atoms with van der Waals surface area (Å²) in [5.74, 6) is -0.761. The molecule has 0 spiro atoms. The van der Waals surface area contributed by atoms with E-state index in [1.165, 1.54) is 22.8 Å². The quantitative estimate of drug-likeness (QED) is 0.212. The molecule has 1 heterocycles. The van der Waals surface area contributed by atoms with E-state index >= 15 is 0 Å². The molecule has 0 atom stereocenters. The highest BCUT2D eigenvalue weighted by Crippen LogP contribution is 2.31. The Morgan fingerprint density at radius 3 is 2.29 bits per heavy atom. The fraction of sp³-hybridized carbons (Fsp3) is 0.148. The first-order chi connectivity index (χ1) is 16.7. The summed E-state index contributed by atoms with van der Waals surface area (Å²) in [6, 6.07) is 16.0. The smallest absolute Gasteiger partial charge is 0.335 e. The van der Waals surface area contributed by atoms with Crippen LogP contribution in [0.2, 0.25) is 0 Å². The van der Waals surface area contributed by atoms with Gasteiger partial charge < -0.3 is 4.74 Å². The molecule has 0 unspecified atom stereocenters. The number of hydrogen-bond donors (Lipinski definition) is 1. The summed E-state index contributed by atoms with van der Waals surface area (Å²) >= 11 is 5.58. The van der Waals surface area contributed by atoms with Gasteiger partial charge in [-0.2, -0.15) is 0 Å². The first kappa shape index (κ1) is 25.1. The van der Waals surface area contributed by atoms with Gasteiger partial charge in [-0.1, -0.05) is 45.3 Å². The molecule has 0 aliphatic carbocycles. The summed E-state index contributed by atoms with van der Waals surface area (Å²) in [4.78, 5) is 39.1. The van der Waals surface area contributed by atoms with Crippen LogP contribution < -0.4 is 15.0 Å². The molecule has 1 aliphatic heterocycles. The van der Waals surface area contributed by atoms with Crippen LogP contribution in [0.4, 0.5) is 10.5 Å². The molecule has 4 amide bonds. The van der Waals surface area contributed by atoms with Gasteiger partial charge in [-0.05, 0) is 90.0 Å². The Labute approximate surface area is 225 Å². The lowest BCUT2D eigenvalue weighted by molar-refractivity contribution is -0.122. The number of carbonyl (C=O) groups excluding carboxylic acids is 3. The van der Waals surface area contributed by atoms with Gasteiger partial charge in [-0.15, -0.1) is 0 Å². The number of methoxy groups -OCH3 is 1. The summed E-state index contributed by atoms with van der Waals surface area (Å²) < 4.78 is 7.42. The molecular formula is C27H22BrIN2O4. The van der Waals surface area contributed by atoms with Crippen molar-refractivity contribution < 1.29 is 19.1 Å². The number of imide groups is 2. The predicted octanol–water partition coefficient (Wildman–Crippen LogP) is 5.94. The molecule has 0 bridgehead atoms. The maximum Gasteiger partial charge on any atom is 0.335 e. The number of barbiturate groups is 1. The van der Waals surface area contributed by atoms with Crippen molar-refractivity contribution in [3.05, 3.63) is 96.0 Å². The molecule has 178 valence electrons. The first-order valence-corrected chi connectivity index (χ1v) is 12.6. The number of anilines is 1. The Kier molecular flexibility index (Phi) is 7.42. The van der Waals surface area contributed by atoms with Crippen LogP contribution in [0.15, 0.2) is 64.6 Å². The van der Waals surface area contributed by atoms with Crippen molar-refractivity contribution in [1.29, 1.82) is 0 Å². The number of rotatable bonds is 5. The van der Waals surface area contributed by atoms with Crippen LogP contribution in [0, 0.1) is 17.4 Å². The predicted molar refractivity (Wildman–Crippen MR) is 148 cm³/mol. The minimum absolute atomic E-state index is 0.132. The van der Waals surface area contributed by atoms with Crippen LogP contribution in [-0.2, 0) is 16.0 Å². The van der Waals surface area contributed by atoms with Gasteiger partial charge in [0.1, 0.15) is 11.3 Å². The molecule has 4 rings (SSSR count). The second-order valence-corrected chi connectivity index (χ2v) is 10.4. The maximum atomic E-state index is 13.2. The van der Waals surface area contributed by atoms with Gasteiger partial charge in [-0.3, -0.25) is 14.9 Å². The van der Waals surface area contributed by atoms with Crippen LogP contribution >= 0.6 is 38.5 Å². The molecule has 1 N–H and O–H groups in total. The lowest BCUT2D eigenvalue weighted by Gasteiger charge is -2.26. The number of aryl methyl sites for hydroxylation is 2. The Morgan fingerprint density at radius 1 is 1.00 bits per heavy atom. The summed E-state index contributed by atoms with van der Waals surface area (Å²) in [6.07, 6.45) is 2.17. The minimum Gasteiger partial charge on any atom is -0.496 e. The molecule has 3 aromatic carbocycles. The summed E-state index contributed by atoms with van der Waals surface area (Å²) in [7, 11) is 1.60. The number of benzene rings is 3. The molecule has 3 aromatic rings. The lowest BCUT2D eigenvalue weighted by Crippen LogP contribution is -2.54. The largest absolute Gasteiger partial charge is 0.496 e. The van der Waals surface area contributed by atoms with E-state index in [1.807, 2.05) is 6.07 Å². The van der Waals surface area contributed by atoms with Gasteiger partial charge in [0.2, 0.25) is 0 Å². The van der Waals surface area contributed by atoms with Crippen molar-refractivity contribution in [2.75, 3.05) is 12.0 Å². The van der Waals surface area contributed by atoms with Crippen LogP contribution in [0.3, 0.4) is 0 Å². The average Bonchev–Trinajstić information content (AvgIpc) is 2.78. The molecule has 1 aliphatic rings. The zero-order valence-corrected chi connectivity index (χ0v) is 23.1. The number of nitrogens with zero attached hydrogens (tertiary/aromatic N) is 1. The number of ether oxygens (including phenoxy) is 1. The zero-order valence-electron chi connectivity index (χ0n) is 19.3. The van der Waals surface area contributed by atoms with Crippen LogP contribution in [0.25, 0.3) is 6.08 Å². The van der Waals surface area contributed by atoms with Gasteiger partial charge in [-0.25, -0.2) is 9.69 Å². The Hall–Kier alpha value is -2.98. The van der Waals surface area contributed by atoms with Crippen LogP contribution in [0.5, 0.6) is 5.75 Å². The van der Waals surface area contributed by atoms with E-state index in [4.69, 9.17) is 4.74 Å². The van der Waals surface area contributed by atoms with Gasteiger partial charge >= 0.3 is 6.03 Å². The Bertz CT molecular complexity index is 1360. The average molecular weight is 645 g/mol. The molecular weight excluding hydrogens is 623 g/mol. The standard InChI is InChI=1S/C27H22BrIN2O4/c1-15-8-16(2)10-17(9-15)11-21-23(29)13-18(14-24(21)35-3)12-22-25(32)30-27(34)31(26(22)33)20-6-4-19(28)5-7-20/h4-10,12-14H,11H2,1-3H3,(H,30,32,34)/b22-12+. The highest BCUT2D eigenvalue weighted by atomic mass is 127. The zero-order chi connectivity index (χ0) is 25.3. The summed E-state index contributed by atoms with van der Waals surface area (Å²) in [6.45, 7) is 4.14. The van der Waals surface area contributed by atoms with E-state index in [0.29, 0.717) is 23.4 Å².